The van der Waals surface area contributed by atoms with Crippen LogP contribution in [0, 0.1) is 0 Å². The standard InChI is InChI=1S/C24H36N2O2/c1-8-10-11-12-13-23(3,4)17-14-19(27-7)21-20(15-17)28-24(5,6)18-16-26(9-2)25-22(18)21/h14-16H,8-13H2,1-7H3. The molecule has 1 aliphatic heterocycles. The van der Waals surface area contributed by atoms with Gasteiger partial charge in [-0.25, -0.2) is 0 Å². The lowest BCUT2D eigenvalue weighted by molar-refractivity contribution is 0.105. The van der Waals surface area contributed by atoms with Gasteiger partial charge in [-0.05, 0) is 50.3 Å². The number of methoxy groups -OCH3 is 1. The summed E-state index contributed by atoms with van der Waals surface area (Å²) in [6.07, 6.45) is 8.38. The van der Waals surface area contributed by atoms with Gasteiger partial charge in [-0.15, -0.1) is 0 Å². The van der Waals surface area contributed by atoms with E-state index < -0.39 is 5.60 Å². The minimum atomic E-state index is -0.412. The van der Waals surface area contributed by atoms with Crippen molar-refractivity contribution in [3.05, 3.63) is 29.5 Å². The van der Waals surface area contributed by atoms with Crippen molar-refractivity contribution in [3.63, 3.8) is 0 Å². The zero-order valence-electron chi connectivity index (χ0n) is 18.7. The third-order valence-corrected chi connectivity index (χ3v) is 6.06. The summed E-state index contributed by atoms with van der Waals surface area (Å²) < 4.78 is 14.3. The van der Waals surface area contributed by atoms with Crippen LogP contribution in [0.5, 0.6) is 11.5 Å². The van der Waals surface area contributed by atoms with E-state index in [0.29, 0.717) is 0 Å². The van der Waals surface area contributed by atoms with Crippen LogP contribution >= 0.6 is 0 Å². The molecular weight excluding hydrogens is 348 g/mol. The first kappa shape index (κ1) is 20.8. The van der Waals surface area contributed by atoms with Crippen molar-refractivity contribution in [2.75, 3.05) is 7.11 Å². The van der Waals surface area contributed by atoms with Gasteiger partial charge in [0.25, 0.3) is 0 Å². The van der Waals surface area contributed by atoms with E-state index in [-0.39, 0.29) is 5.41 Å². The fourth-order valence-corrected chi connectivity index (χ4v) is 4.13. The first-order chi connectivity index (χ1) is 13.2. The topological polar surface area (TPSA) is 36.3 Å². The Hall–Kier alpha value is -1.97. The maximum absolute atomic E-state index is 6.49. The SMILES string of the molecule is CCCCCCC(C)(C)c1cc(OC)c2c(c1)OC(C)(C)c1cn(CC)nc1-2. The van der Waals surface area contributed by atoms with Gasteiger partial charge in [-0.1, -0.05) is 46.5 Å². The third kappa shape index (κ3) is 3.78. The Morgan fingerprint density at radius 2 is 1.89 bits per heavy atom. The van der Waals surface area contributed by atoms with Crippen molar-refractivity contribution in [1.82, 2.24) is 9.78 Å². The molecule has 0 fully saturated rings. The van der Waals surface area contributed by atoms with E-state index in [4.69, 9.17) is 14.6 Å². The second-order valence-electron chi connectivity index (χ2n) is 9.11. The summed E-state index contributed by atoms with van der Waals surface area (Å²) in [6, 6.07) is 4.41. The molecule has 154 valence electrons. The van der Waals surface area contributed by atoms with Gasteiger partial charge in [-0.2, -0.15) is 5.10 Å². The molecule has 0 saturated heterocycles. The molecule has 4 heteroatoms. The highest BCUT2D eigenvalue weighted by molar-refractivity contribution is 5.79. The molecule has 0 N–H and O–H groups in total. The Bertz CT molecular complexity index is 833. The van der Waals surface area contributed by atoms with E-state index in [1.807, 2.05) is 4.68 Å². The highest BCUT2D eigenvalue weighted by atomic mass is 16.5. The molecule has 0 saturated carbocycles. The summed E-state index contributed by atoms with van der Waals surface area (Å²) >= 11 is 0. The maximum atomic E-state index is 6.49. The Morgan fingerprint density at radius 1 is 1.14 bits per heavy atom. The summed E-state index contributed by atoms with van der Waals surface area (Å²) in [5, 5.41) is 4.83. The molecule has 0 bridgehead atoms. The first-order valence-corrected chi connectivity index (χ1v) is 10.7. The number of ether oxygens (including phenoxy) is 2. The minimum absolute atomic E-state index is 0.0760. The van der Waals surface area contributed by atoms with Crippen LogP contribution in [0.15, 0.2) is 18.3 Å². The van der Waals surface area contributed by atoms with E-state index in [0.717, 1.165) is 41.3 Å². The zero-order valence-corrected chi connectivity index (χ0v) is 18.7. The molecule has 28 heavy (non-hydrogen) atoms. The molecule has 0 aliphatic carbocycles. The number of nitrogens with zero attached hydrogens (tertiary/aromatic N) is 2. The van der Waals surface area contributed by atoms with Gasteiger partial charge in [0, 0.05) is 18.3 Å². The lowest BCUT2D eigenvalue weighted by atomic mass is 9.78. The lowest BCUT2D eigenvalue weighted by Crippen LogP contribution is -2.29. The number of aromatic nitrogens is 2. The number of aryl methyl sites for hydroxylation is 1. The number of benzene rings is 1. The van der Waals surface area contributed by atoms with Crippen molar-refractivity contribution in [2.45, 2.75) is 91.2 Å². The summed E-state index contributed by atoms with van der Waals surface area (Å²) in [6.45, 7) is 14.1. The smallest absolute Gasteiger partial charge is 0.134 e. The van der Waals surface area contributed by atoms with Gasteiger partial charge in [0.05, 0.1) is 12.7 Å². The van der Waals surface area contributed by atoms with Crippen LogP contribution in [0.2, 0.25) is 0 Å². The van der Waals surface area contributed by atoms with Crippen LogP contribution in [-0.4, -0.2) is 16.9 Å². The second-order valence-corrected chi connectivity index (χ2v) is 9.11. The molecule has 1 aromatic heterocycles. The average molecular weight is 385 g/mol. The molecular formula is C24H36N2O2. The Balaban J connectivity index is 2.04. The first-order valence-electron chi connectivity index (χ1n) is 10.7. The van der Waals surface area contributed by atoms with Gasteiger partial charge in [0.2, 0.25) is 0 Å². The average Bonchev–Trinajstić information content (AvgIpc) is 3.09. The molecule has 2 aromatic rings. The van der Waals surface area contributed by atoms with Gasteiger partial charge in [0.1, 0.15) is 22.8 Å². The summed E-state index contributed by atoms with van der Waals surface area (Å²) in [4.78, 5) is 0. The Morgan fingerprint density at radius 3 is 2.54 bits per heavy atom. The molecule has 0 unspecified atom stereocenters. The van der Waals surface area contributed by atoms with Gasteiger partial charge >= 0.3 is 0 Å². The van der Waals surface area contributed by atoms with Crippen molar-refractivity contribution >= 4 is 0 Å². The number of fused-ring (bicyclic) bond motifs is 3. The molecule has 1 aliphatic rings. The highest BCUT2D eigenvalue weighted by Crippen LogP contribution is 2.50. The predicted molar refractivity (Wildman–Crippen MR) is 115 cm³/mol. The minimum Gasteiger partial charge on any atom is -0.496 e. The summed E-state index contributed by atoms with van der Waals surface area (Å²) in [5.41, 5.74) is 4.02. The molecule has 0 atom stereocenters. The fourth-order valence-electron chi connectivity index (χ4n) is 4.13. The number of hydrogen-bond acceptors (Lipinski definition) is 3. The fraction of sp³-hybridized carbons (Fsp3) is 0.625. The van der Waals surface area contributed by atoms with E-state index in [2.05, 4.69) is 59.9 Å². The second kappa shape index (κ2) is 7.81. The molecule has 0 radical (unpaired) electrons. The van der Waals surface area contributed by atoms with Crippen LogP contribution in [-0.2, 0) is 17.6 Å². The van der Waals surface area contributed by atoms with Crippen molar-refractivity contribution < 1.29 is 9.47 Å². The van der Waals surface area contributed by atoms with Crippen molar-refractivity contribution in [3.8, 4) is 22.8 Å². The molecule has 4 nitrogen and oxygen atoms in total. The monoisotopic (exact) mass is 384 g/mol. The lowest BCUT2D eigenvalue weighted by Gasteiger charge is -2.34. The highest BCUT2D eigenvalue weighted by Gasteiger charge is 2.38. The van der Waals surface area contributed by atoms with Crippen LogP contribution in [0.4, 0.5) is 0 Å². The van der Waals surface area contributed by atoms with E-state index in [1.54, 1.807) is 7.11 Å². The maximum Gasteiger partial charge on any atom is 0.134 e. The van der Waals surface area contributed by atoms with Crippen molar-refractivity contribution in [1.29, 1.82) is 0 Å². The van der Waals surface area contributed by atoms with Crippen LogP contribution in [0.1, 0.15) is 84.8 Å². The van der Waals surface area contributed by atoms with Gasteiger partial charge < -0.3 is 9.47 Å². The van der Waals surface area contributed by atoms with Crippen LogP contribution < -0.4 is 9.47 Å². The molecule has 0 spiro atoms. The quantitative estimate of drug-likeness (QED) is 0.490. The summed E-state index contributed by atoms with van der Waals surface area (Å²) in [7, 11) is 1.74. The number of hydrogen-bond donors (Lipinski definition) is 0. The molecule has 0 amide bonds. The van der Waals surface area contributed by atoms with Gasteiger partial charge in [0.15, 0.2) is 0 Å². The van der Waals surface area contributed by atoms with Gasteiger partial charge in [-0.3, -0.25) is 4.68 Å². The number of unbranched alkanes of at least 4 members (excludes halogenated alkanes) is 3. The third-order valence-electron chi connectivity index (χ3n) is 6.06. The molecule has 1 aromatic carbocycles. The Labute approximate surface area is 170 Å². The van der Waals surface area contributed by atoms with Crippen molar-refractivity contribution in [2.24, 2.45) is 0 Å². The van der Waals surface area contributed by atoms with Crippen LogP contribution in [0.25, 0.3) is 11.3 Å². The predicted octanol–water partition coefficient (Wildman–Crippen LogP) is 6.45. The molecule has 2 heterocycles. The summed E-state index contributed by atoms with van der Waals surface area (Å²) in [5.74, 6) is 1.74. The van der Waals surface area contributed by atoms with Crippen LogP contribution in [0.3, 0.4) is 0 Å². The van der Waals surface area contributed by atoms with E-state index >= 15 is 0 Å². The number of rotatable bonds is 8. The Kier molecular flexibility index (Phi) is 5.79. The van der Waals surface area contributed by atoms with E-state index in [9.17, 15) is 0 Å². The molecule has 3 rings (SSSR count). The zero-order chi connectivity index (χ0) is 20.5. The van der Waals surface area contributed by atoms with E-state index in [1.165, 1.54) is 31.2 Å². The largest absolute Gasteiger partial charge is 0.496 e. The normalized spacial score (nSPS) is 15.0.